The fourth-order valence-electron chi connectivity index (χ4n) is 7.27. The minimum atomic E-state index is -1.50. The first-order valence-corrected chi connectivity index (χ1v) is 16.0. The maximum atomic E-state index is 18.0. The van der Waals surface area contributed by atoms with Crippen molar-refractivity contribution in [1.29, 1.82) is 0 Å². The summed E-state index contributed by atoms with van der Waals surface area (Å²) in [6.07, 6.45) is 2.18. The average molecular weight is 604 g/mol. The van der Waals surface area contributed by atoms with Crippen molar-refractivity contribution in [2.45, 2.75) is 0 Å². The molecule has 0 bridgehead atoms. The Labute approximate surface area is 273 Å². The third-order valence-electron chi connectivity index (χ3n) is 9.34. The van der Waals surface area contributed by atoms with Crippen LogP contribution in [0.15, 0.2) is 182 Å². The number of hydrogen-bond donors (Lipinski definition) is 0. The molecule has 9 rings (SSSR count). The number of benzene rings is 6. The van der Waals surface area contributed by atoms with Crippen LogP contribution in [0.5, 0.6) is 0 Å². The molecule has 7 aromatic rings. The quantitative estimate of drug-likeness (QED) is 0.173. The summed E-state index contributed by atoms with van der Waals surface area (Å²) < 4.78 is 21.9. The van der Waals surface area contributed by atoms with Gasteiger partial charge in [0, 0.05) is 22.9 Å². The summed E-state index contributed by atoms with van der Waals surface area (Å²) >= 11 is 0. The number of rotatable bonds is 5. The highest BCUT2D eigenvalue weighted by Crippen LogP contribution is 2.49. The second kappa shape index (κ2) is 11.1. The summed E-state index contributed by atoms with van der Waals surface area (Å²) in [5.41, 5.74) is 11.6. The summed E-state index contributed by atoms with van der Waals surface area (Å²) in [7, 11) is -1.50. The van der Waals surface area contributed by atoms with Gasteiger partial charge in [0.2, 0.25) is 5.70 Å². The molecule has 0 fully saturated rings. The smallest absolute Gasteiger partial charge is 0.285 e. The van der Waals surface area contributed by atoms with E-state index in [2.05, 4.69) is 127 Å². The normalized spacial score (nSPS) is 14.0. The molecule has 0 N–H and O–H groups in total. The summed E-state index contributed by atoms with van der Waals surface area (Å²) in [5.74, 6) is 0. The van der Waals surface area contributed by atoms with Crippen LogP contribution >= 0.6 is 0 Å². The van der Waals surface area contributed by atoms with Crippen molar-refractivity contribution in [2.75, 3.05) is 0 Å². The first kappa shape index (κ1) is 27.3. The van der Waals surface area contributed by atoms with Crippen LogP contribution in [0.3, 0.4) is 0 Å². The van der Waals surface area contributed by atoms with Gasteiger partial charge >= 0.3 is 7.26 Å². The number of aromatic nitrogens is 1. The SMILES string of the molecule is FB1n2c(-c3ccccc3)cc(-c3ccccc3)c2C(c2cccc3ccccc23)=C2C(c3ccccc3)=CC(c3ccccc3)=[N+]12. The topological polar surface area (TPSA) is 7.94 Å². The van der Waals surface area contributed by atoms with E-state index in [1.54, 1.807) is 0 Å². The van der Waals surface area contributed by atoms with Crippen molar-refractivity contribution in [1.82, 2.24) is 4.48 Å². The molecule has 0 atom stereocenters. The Hall–Kier alpha value is -6.00. The van der Waals surface area contributed by atoms with Gasteiger partial charge in [0.25, 0.3) is 0 Å². The largest absolute Gasteiger partial charge is 0.847 e. The van der Waals surface area contributed by atoms with E-state index in [-0.39, 0.29) is 0 Å². The molecule has 6 aromatic carbocycles. The third-order valence-corrected chi connectivity index (χ3v) is 9.34. The fraction of sp³-hybridized carbons (Fsp3) is 0. The average Bonchev–Trinajstić information content (AvgIpc) is 3.75. The first-order valence-electron chi connectivity index (χ1n) is 16.0. The summed E-state index contributed by atoms with van der Waals surface area (Å²) in [6.45, 7) is 0. The van der Waals surface area contributed by atoms with Crippen LogP contribution in [-0.4, -0.2) is 21.9 Å². The van der Waals surface area contributed by atoms with Crippen molar-refractivity contribution < 1.29 is 8.80 Å². The molecule has 2 aliphatic heterocycles. The number of allylic oxidation sites excluding steroid dienone is 2. The van der Waals surface area contributed by atoms with Gasteiger partial charge in [0.05, 0.1) is 16.8 Å². The highest BCUT2D eigenvalue weighted by Gasteiger charge is 2.54. The van der Waals surface area contributed by atoms with Crippen LogP contribution in [0.1, 0.15) is 22.4 Å². The van der Waals surface area contributed by atoms with E-state index in [9.17, 15) is 0 Å². The number of fused-ring (bicyclic) bond motifs is 3. The minimum Gasteiger partial charge on any atom is -0.285 e. The van der Waals surface area contributed by atoms with Crippen molar-refractivity contribution in [2.24, 2.45) is 0 Å². The molecular formula is C43H29BFN2+. The minimum absolute atomic E-state index is 0.837. The zero-order valence-electron chi connectivity index (χ0n) is 25.6. The Balaban J connectivity index is 1.49. The van der Waals surface area contributed by atoms with Crippen molar-refractivity contribution >= 4 is 34.9 Å². The Bertz CT molecular complexity index is 2380. The van der Waals surface area contributed by atoms with Gasteiger partial charge < -0.3 is 0 Å². The molecule has 2 nitrogen and oxygen atoms in total. The maximum Gasteiger partial charge on any atom is 0.847 e. The van der Waals surface area contributed by atoms with Crippen molar-refractivity contribution in [3.05, 3.63) is 204 Å². The molecule has 1 aromatic heterocycles. The number of halogens is 1. The molecule has 0 saturated heterocycles. The van der Waals surface area contributed by atoms with Crippen LogP contribution in [0.4, 0.5) is 4.32 Å². The van der Waals surface area contributed by atoms with Crippen LogP contribution in [0, 0.1) is 0 Å². The molecule has 47 heavy (non-hydrogen) atoms. The lowest BCUT2D eigenvalue weighted by atomic mass is 9.83. The van der Waals surface area contributed by atoms with E-state index < -0.39 is 7.26 Å². The second-order valence-electron chi connectivity index (χ2n) is 12.0. The van der Waals surface area contributed by atoms with Crippen molar-refractivity contribution in [3.63, 3.8) is 0 Å². The fourth-order valence-corrected chi connectivity index (χ4v) is 7.27. The Morgan fingerprint density at radius 1 is 0.511 bits per heavy atom. The predicted octanol–water partition coefficient (Wildman–Crippen LogP) is 10.1. The Kier molecular flexibility index (Phi) is 6.46. The summed E-state index contributed by atoms with van der Waals surface area (Å²) in [4.78, 5) is 0. The molecule has 0 amide bonds. The molecule has 0 aliphatic carbocycles. The molecule has 0 radical (unpaired) electrons. The van der Waals surface area contributed by atoms with Gasteiger partial charge in [-0.05, 0) is 51.2 Å². The van der Waals surface area contributed by atoms with Gasteiger partial charge in [0.1, 0.15) is 0 Å². The van der Waals surface area contributed by atoms with E-state index in [4.69, 9.17) is 0 Å². The summed E-state index contributed by atoms with van der Waals surface area (Å²) in [6, 6.07) is 58.3. The third kappa shape index (κ3) is 4.37. The summed E-state index contributed by atoms with van der Waals surface area (Å²) in [5, 5.41) is 2.27. The molecule has 4 heteroatoms. The molecule has 0 saturated carbocycles. The molecule has 220 valence electrons. The van der Waals surface area contributed by atoms with Gasteiger partial charge in [-0.1, -0.05) is 152 Å². The standard InChI is InChI=1S/C43H29BFN2/c45-44-46-39(33-21-9-3-10-22-33)28-37(31-16-5-1-6-17-31)42(46)41(36-27-15-25-30-20-13-14-26-35(30)36)43-38(32-18-7-2-8-19-32)29-40(47(43)44)34-23-11-4-12-24-34/h1-29H/q+1. The van der Waals surface area contributed by atoms with E-state index in [1.807, 2.05) is 57.5 Å². The molecule has 3 heterocycles. The van der Waals surface area contributed by atoms with E-state index in [1.165, 1.54) is 0 Å². The highest BCUT2D eigenvalue weighted by molar-refractivity contribution is 6.46. The van der Waals surface area contributed by atoms with Crippen molar-refractivity contribution in [3.8, 4) is 22.4 Å². The lowest BCUT2D eigenvalue weighted by molar-refractivity contribution is -0.332. The number of hydrogen-bond acceptors (Lipinski definition) is 0. The van der Waals surface area contributed by atoms with Crippen LogP contribution in [-0.2, 0) is 0 Å². The van der Waals surface area contributed by atoms with E-state index in [0.29, 0.717) is 0 Å². The van der Waals surface area contributed by atoms with Gasteiger partial charge in [-0.3, -0.25) is 4.48 Å². The zero-order chi connectivity index (χ0) is 31.3. The second-order valence-corrected chi connectivity index (χ2v) is 12.0. The highest BCUT2D eigenvalue weighted by atomic mass is 19.1. The number of nitrogens with zero attached hydrogens (tertiary/aromatic N) is 2. The molecule has 0 unspecified atom stereocenters. The lowest BCUT2D eigenvalue weighted by Gasteiger charge is -2.24. The first-order chi connectivity index (χ1) is 23.3. The lowest BCUT2D eigenvalue weighted by Crippen LogP contribution is -2.41. The molecular weight excluding hydrogens is 574 g/mol. The van der Waals surface area contributed by atoms with Crippen LogP contribution in [0.25, 0.3) is 44.3 Å². The van der Waals surface area contributed by atoms with E-state index >= 15 is 4.32 Å². The van der Waals surface area contributed by atoms with Gasteiger partial charge in [0.15, 0.2) is 5.71 Å². The van der Waals surface area contributed by atoms with Crippen LogP contribution in [0.2, 0.25) is 0 Å². The predicted molar refractivity (Wildman–Crippen MR) is 193 cm³/mol. The molecule has 0 spiro atoms. The van der Waals surface area contributed by atoms with Gasteiger partial charge in [-0.2, -0.15) is 0 Å². The van der Waals surface area contributed by atoms with Gasteiger partial charge in [-0.15, -0.1) is 0 Å². The Morgan fingerprint density at radius 3 is 1.74 bits per heavy atom. The van der Waals surface area contributed by atoms with Gasteiger partial charge in [-0.25, -0.2) is 8.80 Å². The Morgan fingerprint density at radius 2 is 1.06 bits per heavy atom. The van der Waals surface area contributed by atoms with Crippen LogP contribution < -0.4 is 0 Å². The zero-order valence-corrected chi connectivity index (χ0v) is 25.6. The monoisotopic (exact) mass is 603 g/mol. The molecule has 2 aliphatic rings. The maximum absolute atomic E-state index is 18.0. The van der Waals surface area contributed by atoms with E-state index in [0.717, 1.165) is 78.1 Å².